The Morgan fingerprint density at radius 2 is 1.73 bits per heavy atom. The van der Waals surface area contributed by atoms with Gasteiger partial charge in [0.25, 0.3) is 5.91 Å². The molecule has 1 aromatic carbocycles. The highest BCUT2D eigenvalue weighted by Crippen LogP contribution is 2.54. The summed E-state index contributed by atoms with van der Waals surface area (Å²) in [6.07, 6.45) is 4.39. The minimum atomic E-state index is -0.376. The van der Waals surface area contributed by atoms with Crippen LogP contribution >= 0.6 is 0 Å². The van der Waals surface area contributed by atoms with Crippen LogP contribution in [-0.4, -0.2) is 79.7 Å². The van der Waals surface area contributed by atoms with Crippen molar-refractivity contribution in [2.75, 3.05) is 26.2 Å². The van der Waals surface area contributed by atoms with E-state index in [-0.39, 0.29) is 46.9 Å². The first-order valence-electron chi connectivity index (χ1n) is 13.8. The molecule has 3 aromatic rings. The Balaban J connectivity index is 1.15. The molecule has 6 rings (SSSR count). The lowest BCUT2D eigenvalue weighted by Crippen LogP contribution is -2.67. The number of rotatable bonds is 7. The van der Waals surface area contributed by atoms with Crippen molar-refractivity contribution >= 4 is 17.7 Å². The van der Waals surface area contributed by atoms with E-state index in [9.17, 15) is 14.4 Å². The molecule has 2 aliphatic heterocycles. The average Bonchev–Trinajstić information content (AvgIpc) is 3.21. The third kappa shape index (κ3) is 5.10. The number of likely N-dealkylation sites (tertiary alicyclic amines) is 2. The molecule has 1 aliphatic carbocycles. The summed E-state index contributed by atoms with van der Waals surface area (Å²) in [6.45, 7) is 8.59. The van der Waals surface area contributed by atoms with Gasteiger partial charge in [0.15, 0.2) is 0 Å². The fourth-order valence-electron chi connectivity index (χ4n) is 6.07. The first kappa shape index (κ1) is 26.2. The Morgan fingerprint density at radius 3 is 2.40 bits per heavy atom. The lowest BCUT2D eigenvalue weighted by Gasteiger charge is -2.51. The maximum Gasteiger partial charge on any atom is 0.257 e. The normalized spacial score (nSPS) is 22.2. The second kappa shape index (κ2) is 9.83. The van der Waals surface area contributed by atoms with Gasteiger partial charge >= 0.3 is 0 Å². The van der Waals surface area contributed by atoms with Crippen LogP contribution in [-0.2, 0) is 22.6 Å². The number of hydrogen-bond acceptors (Lipinski definition) is 6. The van der Waals surface area contributed by atoms with Crippen LogP contribution in [0.2, 0.25) is 0 Å². The van der Waals surface area contributed by atoms with Gasteiger partial charge in [-0.2, -0.15) is 15.3 Å². The summed E-state index contributed by atoms with van der Waals surface area (Å²) < 4.78 is 1.76. The average molecular weight is 542 g/mol. The van der Waals surface area contributed by atoms with Gasteiger partial charge in [0.2, 0.25) is 11.8 Å². The Hall–Kier alpha value is -4.08. The molecule has 3 fully saturated rings. The van der Waals surface area contributed by atoms with Crippen molar-refractivity contribution in [3.05, 3.63) is 77.4 Å². The number of amides is 3. The smallest absolute Gasteiger partial charge is 0.257 e. The monoisotopic (exact) mass is 541 g/mol. The summed E-state index contributed by atoms with van der Waals surface area (Å²) in [7, 11) is 0. The number of benzene rings is 1. The largest absolute Gasteiger partial charge is 0.350 e. The van der Waals surface area contributed by atoms with Crippen molar-refractivity contribution in [3.8, 4) is 0 Å². The van der Waals surface area contributed by atoms with Crippen molar-refractivity contribution in [2.24, 2.45) is 16.7 Å². The molecule has 1 unspecified atom stereocenters. The van der Waals surface area contributed by atoms with Crippen molar-refractivity contribution < 1.29 is 14.4 Å². The SMILES string of the molecule is Cc1ccc(CC(=O)NC2CN(C(=O)c3cnn(Cc4ccccc4)c3)CC23CN(C(=O)[C@H]2CC2(C)C)C3)nn1. The van der Waals surface area contributed by atoms with Gasteiger partial charge in [-0.3, -0.25) is 19.1 Å². The van der Waals surface area contributed by atoms with E-state index in [1.54, 1.807) is 28.0 Å². The zero-order chi connectivity index (χ0) is 28.1. The van der Waals surface area contributed by atoms with Gasteiger partial charge in [0.1, 0.15) is 0 Å². The second-order valence-electron chi connectivity index (χ2n) is 12.4. The van der Waals surface area contributed by atoms with E-state index in [2.05, 4.69) is 34.5 Å². The number of aryl methyl sites for hydroxylation is 1. The molecule has 2 saturated heterocycles. The summed E-state index contributed by atoms with van der Waals surface area (Å²) in [6, 6.07) is 13.3. The molecule has 1 saturated carbocycles. The third-order valence-corrected chi connectivity index (χ3v) is 8.67. The lowest BCUT2D eigenvalue weighted by atomic mass is 9.75. The van der Waals surface area contributed by atoms with Crippen molar-refractivity contribution in [1.29, 1.82) is 0 Å². The maximum absolute atomic E-state index is 13.6. The Morgan fingerprint density at radius 1 is 1.00 bits per heavy atom. The predicted octanol–water partition coefficient (Wildman–Crippen LogP) is 2.09. The van der Waals surface area contributed by atoms with Gasteiger partial charge < -0.3 is 15.1 Å². The summed E-state index contributed by atoms with van der Waals surface area (Å²) in [5.41, 5.74) is 2.68. The molecule has 0 radical (unpaired) electrons. The van der Waals surface area contributed by atoms with Crippen LogP contribution in [0.15, 0.2) is 54.9 Å². The standard InChI is InChI=1S/C30H35N7O3/c1-20-9-10-23(34-33-20)11-26(38)32-25-16-35(17-30(25)18-36(19-30)28(40)24-12-29(24,2)3)27(39)22-13-31-37(15-22)14-21-7-5-4-6-8-21/h4-10,13,15,24-25H,11-12,14,16-19H2,1-3H3,(H,32,38)/t24-,25?/m1/s1. The minimum Gasteiger partial charge on any atom is -0.350 e. The third-order valence-electron chi connectivity index (χ3n) is 8.67. The summed E-state index contributed by atoms with van der Waals surface area (Å²) >= 11 is 0. The van der Waals surface area contributed by atoms with Gasteiger partial charge in [0, 0.05) is 43.7 Å². The van der Waals surface area contributed by atoms with Crippen LogP contribution in [0.4, 0.5) is 0 Å². The molecule has 1 N–H and O–H groups in total. The van der Waals surface area contributed by atoms with E-state index >= 15 is 0 Å². The van der Waals surface area contributed by atoms with Crippen LogP contribution in [0, 0.1) is 23.7 Å². The molecule has 40 heavy (non-hydrogen) atoms. The fraction of sp³-hybridized carbons (Fsp3) is 0.467. The highest BCUT2D eigenvalue weighted by molar-refractivity contribution is 5.94. The summed E-state index contributed by atoms with van der Waals surface area (Å²) in [4.78, 5) is 43.4. The number of carbonyl (C=O) groups is 3. The number of aromatic nitrogens is 4. The van der Waals surface area contributed by atoms with Crippen LogP contribution < -0.4 is 5.32 Å². The van der Waals surface area contributed by atoms with E-state index in [1.165, 1.54) is 0 Å². The molecule has 2 atom stereocenters. The van der Waals surface area contributed by atoms with Gasteiger partial charge in [0.05, 0.1) is 42.2 Å². The quantitative estimate of drug-likeness (QED) is 0.490. The molecular weight excluding hydrogens is 506 g/mol. The zero-order valence-corrected chi connectivity index (χ0v) is 23.2. The fourth-order valence-corrected chi connectivity index (χ4v) is 6.07. The van der Waals surface area contributed by atoms with E-state index in [1.807, 2.05) is 48.2 Å². The molecule has 10 heteroatoms. The number of nitrogens with one attached hydrogen (secondary N) is 1. The van der Waals surface area contributed by atoms with Crippen molar-refractivity contribution in [3.63, 3.8) is 0 Å². The first-order chi connectivity index (χ1) is 19.1. The first-order valence-corrected chi connectivity index (χ1v) is 13.8. The van der Waals surface area contributed by atoms with Crippen molar-refractivity contribution in [1.82, 2.24) is 35.1 Å². The van der Waals surface area contributed by atoms with Crippen LogP contribution in [0.3, 0.4) is 0 Å². The number of hydrogen-bond donors (Lipinski definition) is 1. The Kier molecular flexibility index (Phi) is 6.43. The molecule has 3 aliphatic rings. The number of nitrogens with zero attached hydrogens (tertiary/aromatic N) is 6. The molecule has 10 nitrogen and oxygen atoms in total. The summed E-state index contributed by atoms with van der Waals surface area (Å²) in [5, 5.41) is 15.7. The second-order valence-corrected chi connectivity index (χ2v) is 12.4. The van der Waals surface area contributed by atoms with Crippen LogP contribution in [0.25, 0.3) is 0 Å². The molecule has 208 valence electrons. The molecule has 4 heterocycles. The van der Waals surface area contributed by atoms with E-state index < -0.39 is 0 Å². The van der Waals surface area contributed by atoms with E-state index in [4.69, 9.17) is 0 Å². The summed E-state index contributed by atoms with van der Waals surface area (Å²) in [5.74, 6) is -0.0382. The molecule has 3 amide bonds. The van der Waals surface area contributed by atoms with Crippen molar-refractivity contribution in [2.45, 2.75) is 46.2 Å². The molecule has 1 spiro atoms. The molecule has 2 aromatic heterocycles. The van der Waals surface area contributed by atoms with Crippen LogP contribution in [0.5, 0.6) is 0 Å². The number of carbonyl (C=O) groups excluding carboxylic acids is 3. The van der Waals surface area contributed by atoms with E-state index in [0.717, 1.165) is 17.7 Å². The molecule has 0 bridgehead atoms. The lowest BCUT2D eigenvalue weighted by molar-refractivity contribution is -0.146. The van der Waals surface area contributed by atoms with E-state index in [0.29, 0.717) is 44.0 Å². The maximum atomic E-state index is 13.6. The van der Waals surface area contributed by atoms with Gasteiger partial charge in [-0.15, -0.1) is 0 Å². The van der Waals surface area contributed by atoms with Gasteiger partial charge in [-0.1, -0.05) is 44.2 Å². The highest BCUT2D eigenvalue weighted by atomic mass is 16.2. The van der Waals surface area contributed by atoms with Gasteiger partial charge in [-0.05, 0) is 36.5 Å². The molecular formula is C30H35N7O3. The van der Waals surface area contributed by atoms with Gasteiger partial charge in [-0.25, -0.2) is 0 Å². The minimum absolute atomic E-state index is 0.0557. The topological polar surface area (TPSA) is 113 Å². The zero-order valence-electron chi connectivity index (χ0n) is 23.2. The Labute approximate surface area is 233 Å². The predicted molar refractivity (Wildman–Crippen MR) is 147 cm³/mol. The highest BCUT2D eigenvalue weighted by Gasteiger charge is 2.60. The van der Waals surface area contributed by atoms with Crippen LogP contribution in [0.1, 0.15) is 47.6 Å². The Bertz CT molecular complexity index is 1430.